The van der Waals surface area contributed by atoms with E-state index in [-0.39, 0.29) is 6.10 Å². The molecule has 1 unspecified atom stereocenters. The van der Waals surface area contributed by atoms with E-state index in [1.54, 1.807) is 0 Å². The van der Waals surface area contributed by atoms with Crippen LogP contribution >= 0.6 is 0 Å². The molecule has 0 amide bonds. The first-order valence-corrected chi connectivity index (χ1v) is 5.62. The van der Waals surface area contributed by atoms with Crippen LogP contribution in [0.25, 0.3) is 0 Å². The van der Waals surface area contributed by atoms with Crippen LogP contribution in [0.1, 0.15) is 39.5 Å². The van der Waals surface area contributed by atoms with Gasteiger partial charge in [0.25, 0.3) is 0 Å². The minimum absolute atomic E-state index is 0.118. The third-order valence-electron chi connectivity index (χ3n) is 3.21. The summed E-state index contributed by atoms with van der Waals surface area (Å²) in [4.78, 5) is 0. The molecule has 2 heteroatoms. The summed E-state index contributed by atoms with van der Waals surface area (Å²) in [6.07, 6.45) is 4.91. The number of aliphatic hydroxyl groups is 1. The van der Waals surface area contributed by atoms with Crippen LogP contribution in [0.15, 0.2) is 0 Å². The average molecular weight is 185 g/mol. The lowest BCUT2D eigenvalue weighted by Crippen LogP contribution is -2.34. The van der Waals surface area contributed by atoms with Crippen molar-refractivity contribution in [3.63, 3.8) is 0 Å². The summed E-state index contributed by atoms with van der Waals surface area (Å²) in [5, 5.41) is 13.0. The smallest absolute Gasteiger partial charge is 0.0692 e. The van der Waals surface area contributed by atoms with Gasteiger partial charge in [-0.2, -0.15) is 0 Å². The third-order valence-corrected chi connectivity index (χ3v) is 3.21. The van der Waals surface area contributed by atoms with E-state index in [1.807, 2.05) is 0 Å². The molecule has 0 saturated heterocycles. The van der Waals surface area contributed by atoms with Crippen LogP contribution < -0.4 is 5.32 Å². The molecule has 0 heterocycles. The fourth-order valence-corrected chi connectivity index (χ4v) is 2.13. The van der Waals surface area contributed by atoms with E-state index in [9.17, 15) is 5.11 Å². The Labute approximate surface area is 81.7 Å². The molecular weight excluding hydrogens is 162 g/mol. The highest BCUT2D eigenvalue weighted by Gasteiger charge is 2.23. The van der Waals surface area contributed by atoms with E-state index >= 15 is 0 Å². The summed E-state index contributed by atoms with van der Waals surface area (Å²) in [6.45, 7) is 6.12. The van der Waals surface area contributed by atoms with Crippen molar-refractivity contribution in [1.29, 1.82) is 0 Å². The molecule has 0 aromatic heterocycles. The lowest BCUT2D eigenvalue weighted by Gasteiger charge is -2.29. The van der Waals surface area contributed by atoms with Gasteiger partial charge in [-0.1, -0.05) is 26.7 Å². The highest BCUT2D eigenvalue weighted by atomic mass is 16.3. The Morgan fingerprint density at radius 3 is 2.46 bits per heavy atom. The molecule has 0 aromatic carbocycles. The second kappa shape index (κ2) is 5.61. The number of rotatable bonds is 4. The second-order valence-corrected chi connectivity index (χ2v) is 4.39. The Hall–Kier alpha value is -0.0800. The summed E-state index contributed by atoms with van der Waals surface area (Å²) < 4.78 is 0. The molecule has 1 rings (SSSR count). The molecule has 2 nitrogen and oxygen atoms in total. The SMILES string of the molecule is CCNCC(O)C1CCC(C)CC1. The van der Waals surface area contributed by atoms with Gasteiger partial charge in [-0.15, -0.1) is 0 Å². The lowest BCUT2D eigenvalue weighted by atomic mass is 9.80. The fourth-order valence-electron chi connectivity index (χ4n) is 2.13. The van der Waals surface area contributed by atoms with E-state index in [1.165, 1.54) is 25.7 Å². The third kappa shape index (κ3) is 3.65. The fraction of sp³-hybridized carbons (Fsp3) is 1.00. The minimum atomic E-state index is -0.118. The van der Waals surface area contributed by atoms with Gasteiger partial charge in [-0.3, -0.25) is 0 Å². The van der Waals surface area contributed by atoms with Gasteiger partial charge in [-0.05, 0) is 31.2 Å². The number of hydrogen-bond donors (Lipinski definition) is 2. The van der Waals surface area contributed by atoms with E-state index < -0.39 is 0 Å². The molecule has 0 aliphatic heterocycles. The molecule has 0 spiro atoms. The minimum Gasteiger partial charge on any atom is -0.392 e. The summed E-state index contributed by atoms with van der Waals surface area (Å²) in [5.41, 5.74) is 0. The van der Waals surface area contributed by atoms with Crippen molar-refractivity contribution in [2.24, 2.45) is 11.8 Å². The molecule has 0 bridgehead atoms. The highest BCUT2D eigenvalue weighted by Crippen LogP contribution is 2.30. The standard InChI is InChI=1S/C11H23NO/c1-3-12-8-11(13)10-6-4-9(2)5-7-10/h9-13H,3-8H2,1-2H3. The van der Waals surface area contributed by atoms with E-state index in [2.05, 4.69) is 19.2 Å². The van der Waals surface area contributed by atoms with Crippen molar-refractivity contribution in [2.45, 2.75) is 45.6 Å². The van der Waals surface area contributed by atoms with Gasteiger partial charge in [-0.25, -0.2) is 0 Å². The van der Waals surface area contributed by atoms with E-state index in [4.69, 9.17) is 0 Å². The first-order valence-electron chi connectivity index (χ1n) is 5.62. The van der Waals surface area contributed by atoms with Gasteiger partial charge in [0, 0.05) is 6.54 Å². The molecule has 0 aromatic rings. The second-order valence-electron chi connectivity index (χ2n) is 4.39. The average Bonchev–Trinajstić information content (AvgIpc) is 2.15. The zero-order chi connectivity index (χ0) is 9.68. The normalized spacial score (nSPS) is 31.6. The van der Waals surface area contributed by atoms with Gasteiger partial charge in [0.15, 0.2) is 0 Å². The van der Waals surface area contributed by atoms with E-state index in [0.717, 1.165) is 19.0 Å². The summed E-state index contributed by atoms with van der Waals surface area (Å²) in [6, 6.07) is 0. The molecular formula is C11H23NO. The molecule has 1 fully saturated rings. The number of likely N-dealkylation sites (N-methyl/N-ethyl adjacent to an activating group) is 1. The van der Waals surface area contributed by atoms with Gasteiger partial charge < -0.3 is 10.4 Å². The number of hydrogen-bond acceptors (Lipinski definition) is 2. The van der Waals surface area contributed by atoms with Crippen LogP contribution in [0.2, 0.25) is 0 Å². The Kier molecular flexibility index (Phi) is 4.74. The number of nitrogens with one attached hydrogen (secondary N) is 1. The zero-order valence-electron chi connectivity index (χ0n) is 8.92. The maximum Gasteiger partial charge on any atom is 0.0692 e. The molecule has 1 atom stereocenters. The van der Waals surface area contributed by atoms with Crippen LogP contribution in [-0.4, -0.2) is 24.3 Å². The maximum absolute atomic E-state index is 9.83. The van der Waals surface area contributed by atoms with Gasteiger partial charge in [0.2, 0.25) is 0 Å². The van der Waals surface area contributed by atoms with Gasteiger partial charge >= 0.3 is 0 Å². The summed E-state index contributed by atoms with van der Waals surface area (Å²) in [7, 11) is 0. The van der Waals surface area contributed by atoms with E-state index in [0.29, 0.717) is 5.92 Å². The summed E-state index contributed by atoms with van der Waals surface area (Å²) in [5.74, 6) is 1.43. The van der Waals surface area contributed by atoms with Crippen molar-refractivity contribution < 1.29 is 5.11 Å². The van der Waals surface area contributed by atoms with Crippen molar-refractivity contribution >= 4 is 0 Å². The van der Waals surface area contributed by atoms with Crippen LogP contribution in [-0.2, 0) is 0 Å². The van der Waals surface area contributed by atoms with Crippen molar-refractivity contribution in [3.05, 3.63) is 0 Å². The van der Waals surface area contributed by atoms with Crippen LogP contribution in [0.4, 0.5) is 0 Å². The Bertz CT molecular complexity index is 130. The quantitative estimate of drug-likeness (QED) is 0.700. The predicted molar refractivity (Wildman–Crippen MR) is 55.7 cm³/mol. The Morgan fingerprint density at radius 2 is 1.92 bits per heavy atom. The van der Waals surface area contributed by atoms with Crippen molar-refractivity contribution in [3.8, 4) is 0 Å². The first kappa shape index (κ1) is 11.0. The van der Waals surface area contributed by atoms with Crippen LogP contribution in [0.5, 0.6) is 0 Å². The monoisotopic (exact) mass is 185 g/mol. The molecule has 78 valence electrons. The molecule has 2 N–H and O–H groups in total. The molecule has 0 radical (unpaired) electrons. The van der Waals surface area contributed by atoms with Gasteiger partial charge in [0.1, 0.15) is 0 Å². The number of aliphatic hydroxyl groups excluding tert-OH is 1. The Morgan fingerprint density at radius 1 is 1.31 bits per heavy atom. The first-order chi connectivity index (χ1) is 6.24. The highest BCUT2D eigenvalue weighted by molar-refractivity contribution is 4.76. The molecule has 1 aliphatic carbocycles. The van der Waals surface area contributed by atoms with Crippen molar-refractivity contribution in [1.82, 2.24) is 5.32 Å². The van der Waals surface area contributed by atoms with Crippen molar-refractivity contribution in [2.75, 3.05) is 13.1 Å². The maximum atomic E-state index is 9.83. The summed E-state index contributed by atoms with van der Waals surface area (Å²) >= 11 is 0. The van der Waals surface area contributed by atoms with Crippen LogP contribution in [0.3, 0.4) is 0 Å². The predicted octanol–water partition coefficient (Wildman–Crippen LogP) is 1.78. The lowest BCUT2D eigenvalue weighted by molar-refractivity contribution is 0.0758. The topological polar surface area (TPSA) is 32.3 Å². The molecule has 13 heavy (non-hydrogen) atoms. The Balaban J connectivity index is 2.19. The molecule has 1 aliphatic rings. The zero-order valence-corrected chi connectivity index (χ0v) is 8.92. The largest absolute Gasteiger partial charge is 0.392 e. The van der Waals surface area contributed by atoms with Crippen LogP contribution in [0, 0.1) is 11.8 Å². The van der Waals surface area contributed by atoms with Gasteiger partial charge in [0.05, 0.1) is 6.10 Å². The molecule has 1 saturated carbocycles.